The summed E-state index contributed by atoms with van der Waals surface area (Å²) in [6.07, 6.45) is 1.67. The molecule has 164 valence electrons. The molecule has 1 aliphatic rings. The van der Waals surface area contributed by atoms with E-state index in [-0.39, 0.29) is 5.91 Å². The Hall–Kier alpha value is -3.88. The van der Waals surface area contributed by atoms with Crippen molar-refractivity contribution in [3.05, 3.63) is 77.5 Å². The molecule has 0 aliphatic carbocycles. The van der Waals surface area contributed by atoms with E-state index < -0.39 is 0 Å². The van der Waals surface area contributed by atoms with Crippen molar-refractivity contribution in [2.24, 2.45) is 0 Å². The number of piperazine rings is 1. The molecule has 1 fully saturated rings. The minimum Gasteiger partial charge on any atom is -0.467 e. The summed E-state index contributed by atoms with van der Waals surface area (Å²) in [5.41, 5.74) is 3.66. The molecule has 0 radical (unpaired) electrons. The van der Waals surface area contributed by atoms with Gasteiger partial charge in [-0.25, -0.2) is 0 Å². The van der Waals surface area contributed by atoms with E-state index in [1.807, 2.05) is 67.3 Å². The van der Waals surface area contributed by atoms with Gasteiger partial charge in [0.25, 0.3) is 5.91 Å². The molecule has 32 heavy (non-hydrogen) atoms. The first kappa shape index (κ1) is 20.0. The SMILES string of the molecule is Cc1cc(C(=O)N2CCN(c3nnnn3-c3ccccc3)CC2)c(C)n1Cc1ccco1. The Kier molecular flexibility index (Phi) is 5.22. The average molecular weight is 432 g/mol. The molecule has 9 heteroatoms. The number of aromatic nitrogens is 5. The molecular formula is C23H25N7O2. The number of hydrogen-bond donors (Lipinski definition) is 0. The molecule has 9 nitrogen and oxygen atoms in total. The second-order valence-electron chi connectivity index (χ2n) is 7.96. The van der Waals surface area contributed by atoms with Crippen LogP contribution in [-0.4, -0.2) is 61.8 Å². The molecule has 3 aromatic heterocycles. The fraction of sp³-hybridized carbons (Fsp3) is 0.304. The van der Waals surface area contributed by atoms with E-state index in [1.165, 1.54) is 0 Å². The van der Waals surface area contributed by atoms with E-state index in [4.69, 9.17) is 4.42 Å². The van der Waals surface area contributed by atoms with E-state index in [9.17, 15) is 4.79 Å². The predicted octanol–water partition coefficient (Wildman–Crippen LogP) is 2.68. The summed E-state index contributed by atoms with van der Waals surface area (Å²) in [5, 5.41) is 12.2. The van der Waals surface area contributed by atoms with Crippen LogP contribution in [0.3, 0.4) is 0 Å². The van der Waals surface area contributed by atoms with Crippen molar-refractivity contribution in [2.45, 2.75) is 20.4 Å². The fourth-order valence-electron chi connectivity index (χ4n) is 4.22. The lowest BCUT2D eigenvalue weighted by Crippen LogP contribution is -2.49. The number of hydrogen-bond acceptors (Lipinski definition) is 6. The summed E-state index contributed by atoms with van der Waals surface area (Å²) in [5.74, 6) is 1.63. The Bertz CT molecular complexity index is 1200. The highest BCUT2D eigenvalue weighted by Crippen LogP contribution is 2.21. The molecule has 1 saturated heterocycles. The molecular weight excluding hydrogens is 406 g/mol. The third-order valence-electron chi connectivity index (χ3n) is 6.00. The van der Waals surface area contributed by atoms with Gasteiger partial charge in [0.1, 0.15) is 5.76 Å². The second kappa shape index (κ2) is 8.33. The lowest BCUT2D eigenvalue weighted by molar-refractivity contribution is 0.0745. The normalized spacial score (nSPS) is 14.2. The molecule has 4 aromatic rings. The Morgan fingerprint density at radius 2 is 1.81 bits per heavy atom. The van der Waals surface area contributed by atoms with E-state index in [1.54, 1.807) is 10.9 Å². The van der Waals surface area contributed by atoms with Crippen LogP contribution in [0, 0.1) is 13.8 Å². The van der Waals surface area contributed by atoms with Gasteiger partial charge in [-0.15, -0.1) is 0 Å². The second-order valence-corrected chi connectivity index (χ2v) is 7.96. The van der Waals surface area contributed by atoms with Crippen molar-refractivity contribution < 1.29 is 9.21 Å². The first-order valence-corrected chi connectivity index (χ1v) is 10.7. The number of para-hydroxylation sites is 1. The molecule has 1 aromatic carbocycles. The number of rotatable bonds is 5. The molecule has 1 amide bonds. The van der Waals surface area contributed by atoms with Gasteiger partial charge in [-0.3, -0.25) is 4.79 Å². The van der Waals surface area contributed by atoms with Crippen LogP contribution in [0.1, 0.15) is 27.5 Å². The molecule has 4 heterocycles. The average Bonchev–Trinajstić information content (AvgIpc) is 3.57. The summed E-state index contributed by atoms with van der Waals surface area (Å²) in [6.45, 7) is 7.20. The number of amides is 1. The van der Waals surface area contributed by atoms with Gasteiger partial charge in [0, 0.05) is 37.6 Å². The van der Waals surface area contributed by atoms with Crippen LogP contribution in [0.25, 0.3) is 5.69 Å². The monoisotopic (exact) mass is 431 g/mol. The highest BCUT2D eigenvalue weighted by Gasteiger charge is 2.27. The van der Waals surface area contributed by atoms with Gasteiger partial charge in [-0.2, -0.15) is 4.68 Å². The van der Waals surface area contributed by atoms with Crippen molar-refractivity contribution in [2.75, 3.05) is 31.1 Å². The van der Waals surface area contributed by atoms with Crippen LogP contribution in [-0.2, 0) is 6.54 Å². The maximum atomic E-state index is 13.3. The number of furan rings is 1. The zero-order valence-electron chi connectivity index (χ0n) is 18.2. The number of tetrazole rings is 1. The number of aryl methyl sites for hydroxylation is 1. The van der Waals surface area contributed by atoms with Gasteiger partial charge in [0.15, 0.2) is 0 Å². The fourth-order valence-corrected chi connectivity index (χ4v) is 4.22. The lowest BCUT2D eigenvalue weighted by atomic mass is 10.2. The zero-order chi connectivity index (χ0) is 22.1. The van der Waals surface area contributed by atoms with Crippen LogP contribution in [0.5, 0.6) is 0 Å². The summed E-state index contributed by atoms with van der Waals surface area (Å²) >= 11 is 0. The third-order valence-corrected chi connectivity index (χ3v) is 6.00. The van der Waals surface area contributed by atoms with Crippen LogP contribution < -0.4 is 4.90 Å². The zero-order valence-corrected chi connectivity index (χ0v) is 18.2. The van der Waals surface area contributed by atoms with Crippen LogP contribution in [0.2, 0.25) is 0 Å². The highest BCUT2D eigenvalue weighted by molar-refractivity contribution is 5.96. The summed E-state index contributed by atoms with van der Waals surface area (Å²) < 4.78 is 9.34. The van der Waals surface area contributed by atoms with Gasteiger partial charge < -0.3 is 18.8 Å². The van der Waals surface area contributed by atoms with Crippen molar-refractivity contribution >= 4 is 11.9 Å². The maximum Gasteiger partial charge on any atom is 0.255 e. The number of carbonyl (C=O) groups excluding carboxylic acids is 1. The Morgan fingerprint density at radius 3 is 2.53 bits per heavy atom. The molecule has 0 N–H and O–H groups in total. The standard InChI is InChI=1S/C23H25N7O2/c1-17-15-21(18(2)29(17)16-20-9-6-14-32-20)22(31)27-10-12-28(13-11-27)23-24-25-26-30(23)19-7-4-3-5-8-19/h3-9,14-15H,10-13,16H2,1-2H3. The van der Waals surface area contributed by atoms with Gasteiger partial charge in [0.2, 0.25) is 5.95 Å². The van der Waals surface area contributed by atoms with Crippen LogP contribution in [0.4, 0.5) is 5.95 Å². The van der Waals surface area contributed by atoms with E-state index in [0.717, 1.165) is 28.4 Å². The Morgan fingerprint density at radius 1 is 1.03 bits per heavy atom. The number of benzene rings is 1. The number of nitrogens with zero attached hydrogens (tertiary/aromatic N) is 7. The third kappa shape index (κ3) is 3.66. The molecule has 0 saturated carbocycles. The highest BCUT2D eigenvalue weighted by atomic mass is 16.3. The number of carbonyl (C=O) groups is 1. The van der Waals surface area contributed by atoms with Crippen molar-refractivity contribution in [1.29, 1.82) is 0 Å². The Balaban J connectivity index is 1.29. The molecule has 0 atom stereocenters. The van der Waals surface area contributed by atoms with Crippen molar-refractivity contribution in [3.63, 3.8) is 0 Å². The van der Waals surface area contributed by atoms with Crippen molar-refractivity contribution in [3.8, 4) is 5.69 Å². The topological polar surface area (TPSA) is 85.2 Å². The van der Waals surface area contributed by atoms with Crippen LogP contribution >= 0.6 is 0 Å². The summed E-state index contributed by atoms with van der Waals surface area (Å²) in [7, 11) is 0. The molecule has 0 unspecified atom stereocenters. The molecule has 5 rings (SSSR count). The quantitative estimate of drug-likeness (QED) is 0.483. The maximum absolute atomic E-state index is 13.3. The van der Waals surface area contributed by atoms with E-state index >= 15 is 0 Å². The van der Waals surface area contributed by atoms with E-state index in [0.29, 0.717) is 38.7 Å². The van der Waals surface area contributed by atoms with Gasteiger partial charge in [-0.05, 0) is 54.6 Å². The van der Waals surface area contributed by atoms with E-state index in [2.05, 4.69) is 25.0 Å². The Labute approximate surface area is 185 Å². The lowest BCUT2D eigenvalue weighted by Gasteiger charge is -2.34. The first-order chi connectivity index (χ1) is 15.6. The smallest absolute Gasteiger partial charge is 0.255 e. The summed E-state index contributed by atoms with van der Waals surface area (Å²) in [4.78, 5) is 17.3. The largest absolute Gasteiger partial charge is 0.467 e. The van der Waals surface area contributed by atoms with Crippen LogP contribution in [0.15, 0.2) is 59.2 Å². The van der Waals surface area contributed by atoms with Gasteiger partial charge in [-0.1, -0.05) is 23.3 Å². The minimum atomic E-state index is 0.0612. The van der Waals surface area contributed by atoms with Gasteiger partial charge >= 0.3 is 0 Å². The number of anilines is 1. The first-order valence-electron chi connectivity index (χ1n) is 10.7. The summed E-state index contributed by atoms with van der Waals surface area (Å²) in [6, 6.07) is 15.6. The molecule has 0 spiro atoms. The molecule has 1 aliphatic heterocycles. The minimum absolute atomic E-state index is 0.0612. The predicted molar refractivity (Wildman–Crippen MR) is 119 cm³/mol. The van der Waals surface area contributed by atoms with Gasteiger partial charge in [0.05, 0.1) is 24.1 Å². The van der Waals surface area contributed by atoms with Crippen molar-refractivity contribution in [1.82, 2.24) is 29.7 Å². The molecule has 0 bridgehead atoms.